The van der Waals surface area contributed by atoms with Crippen molar-refractivity contribution >= 4 is 23.3 Å². The molecule has 0 aliphatic rings. The number of benzene rings is 1. The first-order valence-electron chi connectivity index (χ1n) is 5.48. The molecular formula is C12H13ClF3NO2. The second-order valence-electron chi connectivity index (χ2n) is 4.28. The molecule has 0 atom stereocenters. The van der Waals surface area contributed by atoms with Crippen molar-refractivity contribution in [2.24, 2.45) is 0 Å². The maximum absolute atomic E-state index is 12.6. The molecule has 1 aromatic carbocycles. The number of carboxylic acids is 1. The fraction of sp³-hybridized carbons (Fsp3) is 0.417. The minimum absolute atomic E-state index is 0.0159. The van der Waals surface area contributed by atoms with Gasteiger partial charge in [-0.05, 0) is 26.0 Å². The first-order valence-corrected chi connectivity index (χ1v) is 5.86. The van der Waals surface area contributed by atoms with Crippen LogP contribution < -0.4 is 4.90 Å². The van der Waals surface area contributed by atoms with Crippen molar-refractivity contribution in [3.63, 3.8) is 0 Å². The lowest BCUT2D eigenvalue weighted by Crippen LogP contribution is -2.40. The van der Waals surface area contributed by atoms with Gasteiger partial charge >= 0.3 is 12.1 Å². The summed E-state index contributed by atoms with van der Waals surface area (Å²) in [6.45, 7) is 1.83. The van der Waals surface area contributed by atoms with Gasteiger partial charge in [0.2, 0.25) is 0 Å². The fourth-order valence-corrected chi connectivity index (χ4v) is 1.98. The monoisotopic (exact) mass is 295 g/mol. The van der Waals surface area contributed by atoms with Crippen LogP contribution >= 0.6 is 11.6 Å². The van der Waals surface area contributed by atoms with E-state index in [1.165, 1.54) is 18.2 Å². The Kier molecular flexibility index (Phi) is 4.68. The van der Waals surface area contributed by atoms with Crippen molar-refractivity contribution in [2.45, 2.75) is 26.1 Å². The quantitative estimate of drug-likeness (QED) is 0.918. The van der Waals surface area contributed by atoms with Crippen LogP contribution in [0.1, 0.15) is 24.2 Å². The molecule has 0 unspecified atom stereocenters. The molecule has 0 fully saturated rings. The first-order chi connectivity index (χ1) is 8.63. The van der Waals surface area contributed by atoms with Crippen molar-refractivity contribution < 1.29 is 23.1 Å². The minimum Gasteiger partial charge on any atom is -0.478 e. The molecule has 0 bridgehead atoms. The van der Waals surface area contributed by atoms with Crippen molar-refractivity contribution in [3.05, 3.63) is 28.8 Å². The summed E-state index contributed by atoms with van der Waals surface area (Å²) in [7, 11) is 0. The molecule has 7 heteroatoms. The molecule has 0 saturated heterocycles. The van der Waals surface area contributed by atoms with Crippen molar-refractivity contribution in [1.82, 2.24) is 0 Å². The Morgan fingerprint density at radius 3 is 2.42 bits per heavy atom. The molecule has 0 spiro atoms. The summed E-state index contributed by atoms with van der Waals surface area (Å²) in [4.78, 5) is 12.0. The number of nitrogens with zero attached hydrogens (tertiary/aromatic N) is 1. The van der Waals surface area contributed by atoms with Gasteiger partial charge in [-0.25, -0.2) is 4.79 Å². The standard InChI is InChI=1S/C12H13ClF3NO2/c1-7(2)17(6-12(14,15)16)10-8(11(18)19)4-3-5-9(10)13/h3-5,7H,6H2,1-2H3,(H,18,19). The SMILES string of the molecule is CC(C)N(CC(F)(F)F)c1c(Cl)cccc1C(=O)O. The Balaban J connectivity index is 3.34. The number of alkyl halides is 3. The number of carbonyl (C=O) groups is 1. The molecule has 0 aromatic heterocycles. The van der Waals surface area contributed by atoms with Crippen LogP contribution in [0.5, 0.6) is 0 Å². The highest BCUT2D eigenvalue weighted by molar-refractivity contribution is 6.34. The number of hydrogen-bond acceptors (Lipinski definition) is 2. The molecule has 106 valence electrons. The van der Waals surface area contributed by atoms with E-state index in [9.17, 15) is 18.0 Å². The van der Waals surface area contributed by atoms with Crippen molar-refractivity contribution in [3.8, 4) is 0 Å². The first kappa shape index (κ1) is 15.6. The van der Waals surface area contributed by atoms with E-state index in [0.29, 0.717) is 0 Å². The number of anilines is 1. The van der Waals surface area contributed by atoms with Crippen LogP contribution in [0.25, 0.3) is 0 Å². The molecule has 0 aliphatic heterocycles. The summed E-state index contributed by atoms with van der Waals surface area (Å²) in [5, 5.41) is 9.04. The topological polar surface area (TPSA) is 40.5 Å². The smallest absolute Gasteiger partial charge is 0.405 e. The second-order valence-corrected chi connectivity index (χ2v) is 4.69. The van der Waals surface area contributed by atoms with E-state index in [0.717, 1.165) is 4.90 Å². The Morgan fingerprint density at radius 2 is 2.00 bits per heavy atom. The van der Waals surface area contributed by atoms with Gasteiger partial charge in [-0.15, -0.1) is 0 Å². The number of hydrogen-bond donors (Lipinski definition) is 1. The predicted octanol–water partition coefficient (Wildman–Crippen LogP) is 3.82. The molecule has 0 amide bonds. The van der Waals surface area contributed by atoms with Gasteiger partial charge in [0, 0.05) is 6.04 Å². The summed E-state index contributed by atoms with van der Waals surface area (Å²) < 4.78 is 37.8. The van der Waals surface area contributed by atoms with E-state index in [1.807, 2.05) is 0 Å². The van der Waals surface area contributed by atoms with Gasteiger partial charge in [-0.3, -0.25) is 0 Å². The molecule has 3 nitrogen and oxygen atoms in total. The van der Waals surface area contributed by atoms with Crippen LogP contribution in [-0.2, 0) is 0 Å². The zero-order valence-electron chi connectivity index (χ0n) is 10.3. The van der Waals surface area contributed by atoms with Gasteiger partial charge in [-0.2, -0.15) is 13.2 Å². The summed E-state index contributed by atoms with van der Waals surface area (Å²) in [5.74, 6) is -1.31. The molecule has 0 heterocycles. The van der Waals surface area contributed by atoms with Crippen LogP contribution in [0.4, 0.5) is 18.9 Å². The summed E-state index contributed by atoms with van der Waals surface area (Å²) in [6, 6.07) is 3.45. The van der Waals surface area contributed by atoms with Crippen LogP contribution in [0, 0.1) is 0 Å². The molecular weight excluding hydrogens is 283 g/mol. The molecule has 1 N–H and O–H groups in total. The van der Waals surface area contributed by atoms with E-state index >= 15 is 0 Å². The summed E-state index contributed by atoms with van der Waals surface area (Å²) in [6.07, 6.45) is -4.45. The highest BCUT2D eigenvalue weighted by Crippen LogP contribution is 2.33. The Labute approximate surface area is 113 Å². The normalized spacial score (nSPS) is 11.7. The van der Waals surface area contributed by atoms with Gasteiger partial charge in [0.1, 0.15) is 6.54 Å². The Morgan fingerprint density at radius 1 is 1.42 bits per heavy atom. The third-order valence-corrected chi connectivity index (χ3v) is 2.78. The van der Waals surface area contributed by atoms with Crippen molar-refractivity contribution in [2.75, 3.05) is 11.4 Å². The highest BCUT2D eigenvalue weighted by atomic mass is 35.5. The van der Waals surface area contributed by atoms with Gasteiger partial charge < -0.3 is 10.0 Å². The lowest BCUT2D eigenvalue weighted by Gasteiger charge is -2.31. The number of rotatable bonds is 4. The number of carboxylic acid groups (broad SMARTS) is 1. The Bertz CT molecular complexity index is 475. The second kappa shape index (κ2) is 5.69. The van der Waals surface area contributed by atoms with E-state index < -0.39 is 24.7 Å². The lowest BCUT2D eigenvalue weighted by molar-refractivity contribution is -0.120. The van der Waals surface area contributed by atoms with Gasteiger partial charge in [0.15, 0.2) is 0 Å². The third-order valence-electron chi connectivity index (χ3n) is 2.48. The van der Waals surface area contributed by atoms with Crippen molar-refractivity contribution in [1.29, 1.82) is 0 Å². The minimum atomic E-state index is -4.45. The largest absolute Gasteiger partial charge is 0.478 e. The fourth-order valence-electron chi connectivity index (χ4n) is 1.69. The number of aromatic carboxylic acids is 1. The van der Waals surface area contributed by atoms with E-state index in [1.54, 1.807) is 13.8 Å². The van der Waals surface area contributed by atoms with Crippen LogP contribution in [-0.4, -0.2) is 29.8 Å². The van der Waals surface area contributed by atoms with Crippen LogP contribution in [0.15, 0.2) is 18.2 Å². The number of halogens is 4. The Hall–Kier alpha value is -1.43. The maximum Gasteiger partial charge on any atom is 0.405 e. The average molecular weight is 296 g/mol. The molecule has 1 aromatic rings. The van der Waals surface area contributed by atoms with E-state index in [2.05, 4.69) is 0 Å². The summed E-state index contributed by atoms with van der Waals surface area (Å²) >= 11 is 5.87. The molecule has 19 heavy (non-hydrogen) atoms. The van der Waals surface area contributed by atoms with Crippen LogP contribution in [0.2, 0.25) is 5.02 Å². The van der Waals surface area contributed by atoms with Gasteiger partial charge in [0.25, 0.3) is 0 Å². The molecule has 1 rings (SSSR count). The summed E-state index contributed by atoms with van der Waals surface area (Å²) in [5.41, 5.74) is -0.352. The molecule has 0 aliphatic carbocycles. The van der Waals surface area contributed by atoms with Gasteiger partial charge in [-0.1, -0.05) is 17.7 Å². The maximum atomic E-state index is 12.6. The van der Waals surface area contributed by atoms with Crippen LogP contribution in [0.3, 0.4) is 0 Å². The zero-order chi connectivity index (χ0) is 14.8. The molecule has 0 saturated carbocycles. The predicted molar refractivity (Wildman–Crippen MR) is 66.9 cm³/mol. The number of para-hydroxylation sites is 1. The van der Waals surface area contributed by atoms with Gasteiger partial charge in [0.05, 0.1) is 16.3 Å². The third kappa shape index (κ3) is 4.02. The van der Waals surface area contributed by atoms with E-state index in [4.69, 9.17) is 16.7 Å². The van der Waals surface area contributed by atoms with E-state index in [-0.39, 0.29) is 16.3 Å². The zero-order valence-corrected chi connectivity index (χ0v) is 11.1. The molecule has 0 radical (unpaired) electrons. The highest BCUT2D eigenvalue weighted by Gasteiger charge is 2.34. The average Bonchev–Trinajstić information content (AvgIpc) is 2.24. The lowest BCUT2D eigenvalue weighted by atomic mass is 10.1.